The SMILES string of the molecule is NCC(NC1CC1)c1ccc(F)c(C(F)(F)F)c1. The number of hydrogen-bond acceptors (Lipinski definition) is 2. The molecule has 0 bridgehead atoms. The molecule has 1 saturated carbocycles. The van der Waals surface area contributed by atoms with E-state index in [1.807, 2.05) is 0 Å². The van der Waals surface area contributed by atoms with Crippen molar-refractivity contribution in [3.8, 4) is 0 Å². The van der Waals surface area contributed by atoms with Crippen LogP contribution in [0, 0.1) is 5.82 Å². The van der Waals surface area contributed by atoms with Gasteiger partial charge in [0.15, 0.2) is 0 Å². The summed E-state index contributed by atoms with van der Waals surface area (Å²) < 4.78 is 50.9. The lowest BCUT2D eigenvalue weighted by Crippen LogP contribution is -2.30. The van der Waals surface area contributed by atoms with Crippen LogP contribution >= 0.6 is 0 Å². The zero-order valence-corrected chi connectivity index (χ0v) is 9.60. The summed E-state index contributed by atoms with van der Waals surface area (Å²) in [4.78, 5) is 0. The van der Waals surface area contributed by atoms with Crippen molar-refractivity contribution in [1.29, 1.82) is 0 Å². The van der Waals surface area contributed by atoms with Gasteiger partial charge in [-0.3, -0.25) is 0 Å². The average molecular weight is 262 g/mol. The maximum absolute atomic E-state index is 13.1. The van der Waals surface area contributed by atoms with Gasteiger partial charge < -0.3 is 11.1 Å². The third-order valence-corrected chi connectivity index (χ3v) is 2.95. The second-order valence-corrected chi connectivity index (χ2v) is 4.47. The lowest BCUT2D eigenvalue weighted by molar-refractivity contribution is -0.140. The van der Waals surface area contributed by atoms with Crippen molar-refractivity contribution < 1.29 is 17.6 Å². The number of hydrogen-bond donors (Lipinski definition) is 2. The number of halogens is 4. The smallest absolute Gasteiger partial charge is 0.329 e. The predicted molar refractivity (Wildman–Crippen MR) is 59.4 cm³/mol. The van der Waals surface area contributed by atoms with Crippen LogP contribution in [0.3, 0.4) is 0 Å². The molecule has 1 aromatic carbocycles. The number of benzene rings is 1. The average Bonchev–Trinajstić information content (AvgIpc) is 3.09. The molecule has 2 nitrogen and oxygen atoms in total. The van der Waals surface area contributed by atoms with E-state index in [4.69, 9.17) is 5.73 Å². The molecular formula is C12H14F4N2. The van der Waals surface area contributed by atoms with Gasteiger partial charge in [-0.1, -0.05) is 6.07 Å². The van der Waals surface area contributed by atoms with Crippen molar-refractivity contribution in [3.63, 3.8) is 0 Å². The standard InChI is InChI=1S/C12H14F4N2/c13-10-4-1-7(5-9(10)12(14,15)16)11(6-17)18-8-2-3-8/h1,4-5,8,11,18H,2-3,6,17H2. The first-order valence-electron chi connectivity index (χ1n) is 5.74. The molecule has 1 fully saturated rings. The minimum Gasteiger partial charge on any atom is -0.329 e. The lowest BCUT2D eigenvalue weighted by atomic mass is 10.0. The Kier molecular flexibility index (Phi) is 3.59. The van der Waals surface area contributed by atoms with E-state index in [9.17, 15) is 17.6 Å². The largest absolute Gasteiger partial charge is 0.419 e. The Morgan fingerprint density at radius 3 is 2.50 bits per heavy atom. The fraction of sp³-hybridized carbons (Fsp3) is 0.500. The minimum absolute atomic E-state index is 0.180. The molecule has 100 valence electrons. The Balaban J connectivity index is 2.26. The molecule has 3 N–H and O–H groups in total. The Morgan fingerprint density at radius 2 is 2.00 bits per heavy atom. The van der Waals surface area contributed by atoms with Crippen LogP contribution in [0.4, 0.5) is 17.6 Å². The van der Waals surface area contributed by atoms with Gasteiger partial charge >= 0.3 is 6.18 Å². The van der Waals surface area contributed by atoms with Gasteiger partial charge in [-0.2, -0.15) is 13.2 Å². The van der Waals surface area contributed by atoms with Crippen LogP contribution in [0.25, 0.3) is 0 Å². The van der Waals surface area contributed by atoms with E-state index in [1.165, 1.54) is 6.07 Å². The van der Waals surface area contributed by atoms with Gasteiger partial charge in [0.05, 0.1) is 5.56 Å². The summed E-state index contributed by atoms with van der Waals surface area (Å²) in [5, 5.41) is 3.14. The Hall–Kier alpha value is -1.14. The van der Waals surface area contributed by atoms with Crippen LogP contribution in [0.2, 0.25) is 0 Å². The highest BCUT2D eigenvalue weighted by Crippen LogP contribution is 2.33. The highest BCUT2D eigenvalue weighted by atomic mass is 19.4. The Labute approximate surface area is 102 Å². The Bertz CT molecular complexity index is 427. The summed E-state index contributed by atoms with van der Waals surface area (Å²) in [5.74, 6) is -1.26. The van der Waals surface area contributed by atoms with Gasteiger partial charge in [-0.25, -0.2) is 4.39 Å². The quantitative estimate of drug-likeness (QED) is 0.818. The summed E-state index contributed by atoms with van der Waals surface area (Å²) in [6.45, 7) is 0.180. The molecule has 2 rings (SSSR count). The fourth-order valence-corrected chi connectivity index (χ4v) is 1.81. The monoisotopic (exact) mass is 262 g/mol. The Morgan fingerprint density at radius 1 is 1.33 bits per heavy atom. The molecule has 0 aliphatic heterocycles. The van der Waals surface area contributed by atoms with E-state index < -0.39 is 17.6 Å². The van der Waals surface area contributed by atoms with E-state index in [0.29, 0.717) is 11.6 Å². The predicted octanol–water partition coefficient (Wildman–Crippen LogP) is 2.60. The molecule has 1 unspecified atom stereocenters. The van der Waals surface area contributed by atoms with Crippen LogP contribution in [-0.4, -0.2) is 12.6 Å². The number of rotatable bonds is 4. The van der Waals surface area contributed by atoms with Crippen molar-refractivity contribution >= 4 is 0 Å². The molecular weight excluding hydrogens is 248 g/mol. The van der Waals surface area contributed by atoms with Crippen LogP contribution in [-0.2, 0) is 6.18 Å². The molecule has 1 aliphatic rings. The van der Waals surface area contributed by atoms with Crippen molar-refractivity contribution in [3.05, 3.63) is 35.1 Å². The summed E-state index contributed by atoms with van der Waals surface area (Å²) >= 11 is 0. The third-order valence-electron chi connectivity index (χ3n) is 2.95. The normalized spacial score (nSPS) is 17.8. The first-order chi connectivity index (χ1) is 8.41. The first-order valence-corrected chi connectivity index (χ1v) is 5.74. The maximum atomic E-state index is 13.1. The van der Waals surface area contributed by atoms with E-state index >= 15 is 0 Å². The second kappa shape index (κ2) is 4.85. The molecule has 1 aromatic rings. The second-order valence-electron chi connectivity index (χ2n) is 4.47. The third kappa shape index (κ3) is 3.00. The molecule has 1 aliphatic carbocycles. The number of alkyl halides is 3. The number of nitrogens with one attached hydrogen (secondary N) is 1. The molecule has 0 saturated heterocycles. The zero-order valence-electron chi connectivity index (χ0n) is 9.60. The highest BCUT2D eigenvalue weighted by molar-refractivity contribution is 5.30. The summed E-state index contributed by atoms with van der Waals surface area (Å²) in [6.07, 6.45) is -2.67. The molecule has 0 radical (unpaired) electrons. The van der Waals surface area contributed by atoms with E-state index in [-0.39, 0.29) is 12.6 Å². The number of nitrogens with two attached hydrogens (primary N) is 1. The molecule has 0 heterocycles. The van der Waals surface area contributed by atoms with Gasteiger partial charge in [0.1, 0.15) is 5.82 Å². The lowest BCUT2D eigenvalue weighted by Gasteiger charge is -2.18. The van der Waals surface area contributed by atoms with Gasteiger partial charge in [0, 0.05) is 18.6 Å². The highest BCUT2D eigenvalue weighted by Gasteiger charge is 2.35. The zero-order chi connectivity index (χ0) is 13.3. The van der Waals surface area contributed by atoms with E-state index in [2.05, 4.69) is 5.32 Å². The van der Waals surface area contributed by atoms with Gasteiger partial charge in [-0.15, -0.1) is 0 Å². The van der Waals surface area contributed by atoms with Crippen LogP contribution in [0.15, 0.2) is 18.2 Å². The topological polar surface area (TPSA) is 38.0 Å². The summed E-state index contributed by atoms with van der Waals surface area (Å²) in [5.41, 5.74) is 4.67. The maximum Gasteiger partial charge on any atom is 0.419 e. The van der Waals surface area contributed by atoms with E-state index in [1.54, 1.807) is 0 Å². The van der Waals surface area contributed by atoms with Crippen LogP contribution in [0.1, 0.15) is 30.0 Å². The van der Waals surface area contributed by atoms with Gasteiger partial charge in [0.2, 0.25) is 0 Å². The van der Waals surface area contributed by atoms with Gasteiger partial charge in [-0.05, 0) is 30.5 Å². The van der Waals surface area contributed by atoms with Gasteiger partial charge in [0.25, 0.3) is 0 Å². The molecule has 0 aromatic heterocycles. The van der Waals surface area contributed by atoms with Crippen molar-refractivity contribution in [2.45, 2.75) is 31.1 Å². The molecule has 18 heavy (non-hydrogen) atoms. The first kappa shape index (κ1) is 13.3. The molecule has 1 atom stereocenters. The minimum atomic E-state index is -4.68. The van der Waals surface area contributed by atoms with Crippen molar-refractivity contribution in [2.75, 3.05) is 6.54 Å². The fourth-order valence-electron chi connectivity index (χ4n) is 1.81. The summed E-state index contributed by atoms with van der Waals surface area (Å²) in [6, 6.07) is 2.98. The van der Waals surface area contributed by atoms with Crippen LogP contribution < -0.4 is 11.1 Å². The molecule has 6 heteroatoms. The van der Waals surface area contributed by atoms with Crippen LogP contribution in [0.5, 0.6) is 0 Å². The molecule has 0 amide bonds. The summed E-state index contributed by atoms with van der Waals surface area (Å²) in [7, 11) is 0. The van der Waals surface area contributed by atoms with Crippen molar-refractivity contribution in [1.82, 2.24) is 5.32 Å². The van der Waals surface area contributed by atoms with Crippen molar-refractivity contribution in [2.24, 2.45) is 5.73 Å². The molecule has 0 spiro atoms. The van der Waals surface area contributed by atoms with E-state index in [0.717, 1.165) is 25.0 Å².